The van der Waals surface area contributed by atoms with Crippen LogP contribution in [-0.4, -0.2) is 70.1 Å². The Hall–Kier alpha value is -8.06. The van der Waals surface area contributed by atoms with Gasteiger partial charge in [0.2, 0.25) is 11.9 Å². The number of hydrogen-bond acceptors (Lipinski definition) is 15. The van der Waals surface area contributed by atoms with Gasteiger partial charge < -0.3 is 25.9 Å². The van der Waals surface area contributed by atoms with Crippen LogP contribution in [0.15, 0.2) is 77.5 Å². The Kier molecular flexibility index (Phi) is 8.93. The summed E-state index contributed by atoms with van der Waals surface area (Å²) in [6.45, 7) is 0.0823. The second kappa shape index (κ2) is 14.5. The lowest BCUT2D eigenvalue weighted by Crippen LogP contribution is -2.34. The minimum atomic E-state index is -0.496. The predicted molar refractivity (Wildman–Crippen MR) is 205 cm³/mol. The molecule has 0 radical (unpaired) electrons. The molecule has 7 aromatic rings. The first kappa shape index (κ1) is 35.6. The normalized spacial score (nSPS) is 15.8. The molecule has 2 atom stereocenters. The number of nitrogens with one attached hydrogen (secondary N) is 2. The van der Waals surface area contributed by atoms with Gasteiger partial charge in [0.1, 0.15) is 47.5 Å². The smallest absolute Gasteiger partial charge is 0.208 e. The fraction of sp³-hybridized carbons (Fsp3) is 0.179. The van der Waals surface area contributed by atoms with E-state index in [2.05, 4.69) is 56.9 Å². The molecule has 0 fully saturated rings. The van der Waals surface area contributed by atoms with Gasteiger partial charge in [-0.1, -0.05) is 0 Å². The lowest BCUT2D eigenvalue weighted by atomic mass is 9.96. The maximum absolute atomic E-state index is 15.6. The maximum atomic E-state index is 15.6. The first-order chi connectivity index (χ1) is 28.4. The molecule has 0 saturated carbocycles. The standard InChI is InChI=1S/C39H29F2N15O2/c1-45-31(17-50-44)27-16-49-39(56-19-21(12-43)53-37(27)56)47-14-25-23-10-35(58-33(23)7-5-29(25)41)34-9-22-24(28(40)4-6-32(22)57-34)13-46-38-48-15-26(30-3-2-8-51-54-30)36-52-20(11-42)18-55(36)38/h2-8,15-19,34-35H,9-10,13-14,44H2,1H3,(H,46,48)(H,47,49). The maximum Gasteiger partial charge on any atom is 0.208 e. The van der Waals surface area contributed by atoms with E-state index in [1.54, 1.807) is 58.7 Å². The van der Waals surface area contributed by atoms with Crippen molar-refractivity contribution in [3.63, 3.8) is 0 Å². The Balaban J connectivity index is 0.932. The zero-order valence-electron chi connectivity index (χ0n) is 30.4. The minimum absolute atomic E-state index is 0.0339. The number of nitrogens with two attached hydrogens (primary N) is 1. The summed E-state index contributed by atoms with van der Waals surface area (Å²) in [5, 5.41) is 37.2. The Bertz CT molecular complexity index is 2910. The number of ether oxygens (including phenoxy) is 2. The Morgan fingerprint density at radius 2 is 1.47 bits per heavy atom. The molecule has 9 rings (SSSR count). The Morgan fingerprint density at radius 1 is 0.879 bits per heavy atom. The average Bonchev–Trinajstić information content (AvgIpc) is 4.07. The second-order valence-electron chi connectivity index (χ2n) is 13.3. The number of aromatic nitrogens is 8. The molecule has 7 heterocycles. The molecule has 0 bridgehead atoms. The molecule has 19 heteroatoms. The lowest BCUT2D eigenvalue weighted by molar-refractivity contribution is 0.0845. The van der Waals surface area contributed by atoms with E-state index in [9.17, 15) is 10.5 Å². The van der Waals surface area contributed by atoms with Gasteiger partial charge in [0.25, 0.3) is 0 Å². The van der Waals surface area contributed by atoms with Gasteiger partial charge in [-0.2, -0.15) is 25.8 Å². The number of anilines is 2. The summed E-state index contributed by atoms with van der Waals surface area (Å²) in [4.78, 5) is 22.1. The fourth-order valence-corrected chi connectivity index (χ4v) is 7.35. The highest BCUT2D eigenvalue weighted by atomic mass is 19.1. The molecule has 0 amide bonds. The SMILES string of the molecule is CN=C(C=NN)c1cnc(NCc2c(F)ccc3c2CC(C2Cc4c(ccc(F)c4CNc4ncc(-c5cccnn5)c5nc(C#N)cn45)O2)O3)n2cc(C#N)nc12. The molecule has 0 saturated heterocycles. The third-order valence-corrected chi connectivity index (χ3v) is 10.1. The third kappa shape index (κ3) is 6.16. The van der Waals surface area contributed by atoms with Crippen LogP contribution >= 0.6 is 0 Å². The highest BCUT2D eigenvalue weighted by molar-refractivity contribution is 6.39. The average molecular weight is 778 g/mol. The van der Waals surface area contributed by atoms with E-state index in [0.717, 1.165) is 0 Å². The molecule has 58 heavy (non-hydrogen) atoms. The predicted octanol–water partition coefficient (Wildman–Crippen LogP) is 4.15. The van der Waals surface area contributed by atoms with Crippen molar-refractivity contribution in [3.8, 4) is 34.9 Å². The number of halogens is 2. The quantitative estimate of drug-likeness (QED) is 0.101. The van der Waals surface area contributed by atoms with E-state index < -0.39 is 23.8 Å². The van der Waals surface area contributed by atoms with E-state index in [1.807, 2.05) is 6.07 Å². The lowest BCUT2D eigenvalue weighted by Gasteiger charge is -2.18. The molecule has 0 aliphatic carbocycles. The highest BCUT2D eigenvalue weighted by Crippen LogP contribution is 2.40. The summed E-state index contributed by atoms with van der Waals surface area (Å²) in [5.41, 5.74) is 5.25. The number of fused-ring (bicyclic) bond motifs is 4. The van der Waals surface area contributed by atoms with E-state index in [1.165, 1.54) is 30.7 Å². The zero-order chi connectivity index (χ0) is 39.9. The molecule has 17 nitrogen and oxygen atoms in total. The van der Waals surface area contributed by atoms with Crippen molar-refractivity contribution >= 4 is 35.1 Å². The summed E-state index contributed by atoms with van der Waals surface area (Å²) in [5.74, 6) is 6.18. The first-order valence-corrected chi connectivity index (χ1v) is 17.8. The summed E-state index contributed by atoms with van der Waals surface area (Å²) in [7, 11) is 1.57. The monoisotopic (exact) mass is 777 g/mol. The van der Waals surface area contributed by atoms with Crippen LogP contribution in [0, 0.1) is 34.3 Å². The van der Waals surface area contributed by atoms with Crippen LogP contribution in [0.25, 0.3) is 22.6 Å². The van der Waals surface area contributed by atoms with Crippen molar-refractivity contribution in [2.24, 2.45) is 15.9 Å². The van der Waals surface area contributed by atoms with Gasteiger partial charge in [-0.3, -0.25) is 13.8 Å². The summed E-state index contributed by atoms with van der Waals surface area (Å²) in [6.07, 6.45) is 8.76. The van der Waals surface area contributed by atoms with Crippen LogP contribution in [0.4, 0.5) is 20.7 Å². The van der Waals surface area contributed by atoms with Crippen LogP contribution in [0.3, 0.4) is 0 Å². The molecule has 0 spiro atoms. The zero-order valence-corrected chi connectivity index (χ0v) is 30.4. The molecule has 2 aromatic carbocycles. The summed E-state index contributed by atoms with van der Waals surface area (Å²) >= 11 is 0. The molecule has 5 aromatic heterocycles. The molecular weight excluding hydrogens is 749 g/mol. The number of rotatable bonds is 10. The number of nitriles is 2. The van der Waals surface area contributed by atoms with E-state index in [0.29, 0.717) is 92.3 Å². The Morgan fingerprint density at radius 3 is 2.02 bits per heavy atom. The fourth-order valence-electron chi connectivity index (χ4n) is 7.35. The first-order valence-electron chi connectivity index (χ1n) is 17.8. The van der Waals surface area contributed by atoms with Gasteiger partial charge >= 0.3 is 0 Å². The summed E-state index contributed by atoms with van der Waals surface area (Å²) < 4.78 is 47.0. The van der Waals surface area contributed by atoms with Crippen LogP contribution in [0.1, 0.15) is 39.2 Å². The van der Waals surface area contributed by atoms with Crippen LogP contribution in [0.5, 0.6) is 11.5 Å². The van der Waals surface area contributed by atoms with Crippen LogP contribution in [-0.2, 0) is 25.9 Å². The number of nitrogens with zero attached hydrogens (tertiary/aromatic N) is 12. The summed E-state index contributed by atoms with van der Waals surface area (Å²) in [6, 6.07) is 13.5. The molecule has 2 aliphatic heterocycles. The van der Waals surface area contributed by atoms with Crippen molar-refractivity contribution in [1.82, 2.24) is 38.9 Å². The van der Waals surface area contributed by atoms with E-state index in [4.69, 9.17) is 15.3 Å². The highest BCUT2D eigenvalue weighted by Gasteiger charge is 2.39. The van der Waals surface area contributed by atoms with Gasteiger partial charge in [-0.15, -0.1) is 0 Å². The number of hydrogen-bond donors (Lipinski definition) is 3. The number of hydrazone groups is 1. The van der Waals surface area contributed by atoms with E-state index >= 15 is 8.78 Å². The van der Waals surface area contributed by atoms with Gasteiger partial charge in [0.05, 0.1) is 41.1 Å². The van der Waals surface area contributed by atoms with E-state index in [-0.39, 0.29) is 24.5 Å². The van der Waals surface area contributed by atoms with Gasteiger partial charge in [-0.25, -0.2) is 28.7 Å². The van der Waals surface area contributed by atoms with Gasteiger partial charge in [0, 0.05) is 73.8 Å². The van der Waals surface area contributed by atoms with Gasteiger partial charge in [-0.05, 0) is 36.4 Å². The van der Waals surface area contributed by atoms with Crippen molar-refractivity contribution in [1.29, 1.82) is 10.5 Å². The van der Waals surface area contributed by atoms with Crippen molar-refractivity contribution in [2.45, 2.75) is 38.1 Å². The van der Waals surface area contributed by atoms with Crippen LogP contribution in [0.2, 0.25) is 0 Å². The van der Waals surface area contributed by atoms with Crippen molar-refractivity contribution in [3.05, 3.63) is 118 Å². The second-order valence-corrected chi connectivity index (χ2v) is 13.3. The van der Waals surface area contributed by atoms with Gasteiger partial charge in [0.15, 0.2) is 22.7 Å². The third-order valence-electron chi connectivity index (χ3n) is 10.1. The van der Waals surface area contributed by atoms with Crippen LogP contribution < -0.4 is 25.9 Å². The topological polar surface area (TPSA) is 227 Å². The molecular formula is C39H29F2N15O2. The molecule has 4 N–H and O–H groups in total. The molecule has 286 valence electrons. The Labute approximate surface area is 327 Å². The number of aliphatic imine (C=N–C) groups is 1. The minimum Gasteiger partial charge on any atom is -0.486 e. The number of imidazole rings is 2. The number of benzene rings is 2. The molecule has 2 unspecified atom stereocenters. The largest absolute Gasteiger partial charge is 0.486 e. The van der Waals surface area contributed by atoms with Crippen molar-refractivity contribution < 1.29 is 18.3 Å². The molecule has 2 aliphatic rings. The van der Waals surface area contributed by atoms with Crippen molar-refractivity contribution in [2.75, 3.05) is 17.7 Å².